The lowest BCUT2D eigenvalue weighted by atomic mass is 10.2. The van der Waals surface area contributed by atoms with Gasteiger partial charge in [0.2, 0.25) is 5.95 Å². The highest BCUT2D eigenvalue weighted by atomic mass is 16.5. The third-order valence-electron chi connectivity index (χ3n) is 3.18. The maximum Gasteiger partial charge on any atom is 0.341 e. The van der Waals surface area contributed by atoms with E-state index < -0.39 is 12.0 Å². The first-order valence-corrected chi connectivity index (χ1v) is 7.29. The molecule has 1 aromatic heterocycles. The van der Waals surface area contributed by atoms with Crippen molar-refractivity contribution in [3.05, 3.63) is 18.0 Å². The van der Waals surface area contributed by atoms with E-state index in [1.807, 2.05) is 4.90 Å². The third kappa shape index (κ3) is 3.91. The summed E-state index contributed by atoms with van der Waals surface area (Å²) in [6, 6.07) is -0.401. The number of rotatable bonds is 5. The molecule has 1 aliphatic rings. The molecule has 0 spiro atoms. The van der Waals surface area contributed by atoms with Gasteiger partial charge < -0.3 is 19.7 Å². The molecule has 1 unspecified atom stereocenters. The fraction of sp³-hybridized carbons (Fsp3) is 0.571. The number of aromatic nitrogens is 2. The Labute approximate surface area is 128 Å². The van der Waals surface area contributed by atoms with Crippen molar-refractivity contribution in [1.82, 2.24) is 15.3 Å². The maximum atomic E-state index is 11.8. The van der Waals surface area contributed by atoms with Crippen molar-refractivity contribution in [3.8, 4) is 0 Å². The van der Waals surface area contributed by atoms with Gasteiger partial charge in [0.05, 0.1) is 18.8 Å². The summed E-state index contributed by atoms with van der Waals surface area (Å²) in [5, 5.41) is 3.10. The minimum Gasteiger partial charge on any atom is -0.465 e. The van der Waals surface area contributed by atoms with Crippen LogP contribution in [-0.2, 0) is 14.3 Å². The molecule has 0 amide bonds. The van der Waals surface area contributed by atoms with Crippen LogP contribution in [0.2, 0.25) is 0 Å². The summed E-state index contributed by atoms with van der Waals surface area (Å²) < 4.78 is 9.90. The molecular weight excluding hydrogens is 288 g/mol. The summed E-state index contributed by atoms with van der Waals surface area (Å²) in [7, 11) is 0. The second-order valence-corrected chi connectivity index (χ2v) is 4.70. The minimum atomic E-state index is -0.446. The molecule has 1 N–H and O–H groups in total. The Morgan fingerprint density at radius 3 is 2.59 bits per heavy atom. The third-order valence-corrected chi connectivity index (χ3v) is 3.18. The molecule has 1 aliphatic heterocycles. The first kappa shape index (κ1) is 16.2. The first-order chi connectivity index (χ1) is 10.7. The van der Waals surface area contributed by atoms with E-state index in [2.05, 4.69) is 15.3 Å². The molecule has 120 valence electrons. The van der Waals surface area contributed by atoms with Crippen LogP contribution in [0.15, 0.2) is 12.4 Å². The molecule has 1 saturated heterocycles. The highest BCUT2D eigenvalue weighted by Crippen LogP contribution is 2.11. The number of piperazine rings is 1. The van der Waals surface area contributed by atoms with E-state index in [0.717, 1.165) is 0 Å². The fourth-order valence-corrected chi connectivity index (χ4v) is 2.14. The van der Waals surface area contributed by atoms with Gasteiger partial charge in [-0.2, -0.15) is 0 Å². The Kier molecular flexibility index (Phi) is 5.65. The zero-order valence-corrected chi connectivity index (χ0v) is 12.7. The molecule has 0 saturated carbocycles. The van der Waals surface area contributed by atoms with Crippen molar-refractivity contribution in [2.24, 2.45) is 0 Å². The lowest BCUT2D eigenvalue weighted by Gasteiger charge is -2.32. The molecular formula is C14H20N4O4. The molecule has 0 aliphatic carbocycles. The fourth-order valence-electron chi connectivity index (χ4n) is 2.14. The van der Waals surface area contributed by atoms with Gasteiger partial charge in [-0.25, -0.2) is 14.8 Å². The highest BCUT2D eigenvalue weighted by Gasteiger charge is 2.27. The molecule has 0 bridgehead atoms. The molecule has 22 heavy (non-hydrogen) atoms. The number of hydrogen-bond donors (Lipinski definition) is 1. The Balaban J connectivity index is 2.01. The Hall–Kier alpha value is -2.22. The molecule has 8 heteroatoms. The van der Waals surface area contributed by atoms with Crippen LogP contribution in [0, 0.1) is 0 Å². The van der Waals surface area contributed by atoms with Crippen molar-refractivity contribution < 1.29 is 19.1 Å². The predicted octanol–water partition coefficient (Wildman–Crippen LogP) is -0.00540. The smallest absolute Gasteiger partial charge is 0.341 e. The SMILES string of the molecule is CCOC(=O)c1cnc(N2CCNC(C(=O)OCC)C2)nc1. The molecule has 2 heterocycles. The van der Waals surface area contributed by atoms with Gasteiger partial charge in [0.15, 0.2) is 0 Å². The van der Waals surface area contributed by atoms with Crippen molar-refractivity contribution >= 4 is 17.9 Å². The lowest BCUT2D eigenvalue weighted by molar-refractivity contribution is -0.145. The van der Waals surface area contributed by atoms with E-state index in [0.29, 0.717) is 44.4 Å². The number of nitrogens with zero attached hydrogens (tertiary/aromatic N) is 3. The van der Waals surface area contributed by atoms with Crippen LogP contribution in [0.4, 0.5) is 5.95 Å². The van der Waals surface area contributed by atoms with Gasteiger partial charge in [0, 0.05) is 32.0 Å². The number of carbonyl (C=O) groups excluding carboxylic acids is 2. The van der Waals surface area contributed by atoms with Crippen LogP contribution in [-0.4, -0.2) is 60.8 Å². The van der Waals surface area contributed by atoms with Crippen molar-refractivity contribution in [2.45, 2.75) is 19.9 Å². The average Bonchev–Trinajstić information content (AvgIpc) is 2.55. The monoisotopic (exact) mass is 308 g/mol. The second kappa shape index (κ2) is 7.69. The Bertz CT molecular complexity index is 520. The summed E-state index contributed by atoms with van der Waals surface area (Å²) in [6.07, 6.45) is 2.86. The number of hydrogen-bond acceptors (Lipinski definition) is 8. The van der Waals surface area contributed by atoms with Crippen LogP contribution in [0.5, 0.6) is 0 Å². The summed E-state index contributed by atoms with van der Waals surface area (Å²) >= 11 is 0. The van der Waals surface area contributed by atoms with Crippen LogP contribution < -0.4 is 10.2 Å². The van der Waals surface area contributed by atoms with Gasteiger partial charge >= 0.3 is 11.9 Å². The van der Waals surface area contributed by atoms with E-state index in [4.69, 9.17) is 9.47 Å². The molecule has 8 nitrogen and oxygen atoms in total. The first-order valence-electron chi connectivity index (χ1n) is 7.29. The molecule has 2 rings (SSSR count). The van der Waals surface area contributed by atoms with E-state index in [9.17, 15) is 9.59 Å². The van der Waals surface area contributed by atoms with Gasteiger partial charge in [-0.05, 0) is 13.8 Å². The summed E-state index contributed by atoms with van der Waals surface area (Å²) in [5.74, 6) is -0.252. The number of anilines is 1. The Morgan fingerprint density at radius 1 is 1.27 bits per heavy atom. The van der Waals surface area contributed by atoms with Crippen LogP contribution in [0.1, 0.15) is 24.2 Å². The molecule has 1 atom stereocenters. The standard InChI is InChI=1S/C14H20N4O4/c1-3-21-12(19)10-7-16-14(17-8-10)18-6-5-15-11(9-18)13(20)22-4-2/h7-8,11,15H,3-6,9H2,1-2H3. The average molecular weight is 308 g/mol. The van der Waals surface area contributed by atoms with Gasteiger partial charge in [-0.3, -0.25) is 4.79 Å². The van der Waals surface area contributed by atoms with Crippen molar-refractivity contribution in [2.75, 3.05) is 37.7 Å². The quantitative estimate of drug-likeness (QED) is 0.759. The topological polar surface area (TPSA) is 93.7 Å². The second-order valence-electron chi connectivity index (χ2n) is 4.70. The number of ether oxygens (including phenoxy) is 2. The molecule has 1 fully saturated rings. The lowest BCUT2D eigenvalue weighted by Crippen LogP contribution is -2.55. The Morgan fingerprint density at radius 2 is 1.95 bits per heavy atom. The zero-order valence-electron chi connectivity index (χ0n) is 12.7. The van der Waals surface area contributed by atoms with Crippen molar-refractivity contribution in [3.63, 3.8) is 0 Å². The van der Waals surface area contributed by atoms with Gasteiger partial charge in [0.1, 0.15) is 6.04 Å². The highest BCUT2D eigenvalue weighted by molar-refractivity contribution is 5.88. The van der Waals surface area contributed by atoms with Crippen molar-refractivity contribution in [1.29, 1.82) is 0 Å². The summed E-state index contributed by atoms with van der Waals surface area (Å²) in [5.41, 5.74) is 0.308. The van der Waals surface area contributed by atoms with Gasteiger partial charge in [0.25, 0.3) is 0 Å². The minimum absolute atomic E-state index is 0.282. The summed E-state index contributed by atoms with van der Waals surface area (Å²) in [6.45, 7) is 5.90. The predicted molar refractivity (Wildman–Crippen MR) is 78.6 cm³/mol. The van der Waals surface area contributed by atoms with Gasteiger partial charge in [-0.1, -0.05) is 0 Å². The molecule has 0 aromatic carbocycles. The van der Waals surface area contributed by atoms with E-state index >= 15 is 0 Å². The number of carbonyl (C=O) groups is 2. The van der Waals surface area contributed by atoms with Crippen LogP contribution in [0.25, 0.3) is 0 Å². The number of esters is 2. The largest absolute Gasteiger partial charge is 0.465 e. The molecule has 1 aromatic rings. The van der Waals surface area contributed by atoms with E-state index in [-0.39, 0.29) is 5.97 Å². The maximum absolute atomic E-state index is 11.8. The zero-order chi connectivity index (χ0) is 15.9. The van der Waals surface area contributed by atoms with E-state index in [1.54, 1.807) is 13.8 Å². The van der Waals surface area contributed by atoms with Gasteiger partial charge in [-0.15, -0.1) is 0 Å². The van der Waals surface area contributed by atoms with E-state index in [1.165, 1.54) is 12.4 Å². The summed E-state index contributed by atoms with van der Waals surface area (Å²) in [4.78, 5) is 33.6. The molecule has 0 radical (unpaired) electrons. The van der Waals surface area contributed by atoms with Crippen LogP contribution >= 0.6 is 0 Å². The number of nitrogens with one attached hydrogen (secondary N) is 1. The normalized spacial score (nSPS) is 17.9. The van der Waals surface area contributed by atoms with Crippen LogP contribution in [0.3, 0.4) is 0 Å².